The summed E-state index contributed by atoms with van der Waals surface area (Å²) in [7, 11) is 0. The fourth-order valence-corrected chi connectivity index (χ4v) is 3.48. The molecule has 1 amide bonds. The van der Waals surface area contributed by atoms with Gasteiger partial charge in [-0.3, -0.25) is 4.79 Å². The molecule has 1 fully saturated rings. The summed E-state index contributed by atoms with van der Waals surface area (Å²) in [6.45, 7) is 1.62. The number of amides is 1. The van der Waals surface area contributed by atoms with E-state index in [1.54, 1.807) is 6.92 Å². The van der Waals surface area contributed by atoms with Crippen molar-refractivity contribution in [2.24, 2.45) is 0 Å². The third kappa shape index (κ3) is 3.98. The van der Waals surface area contributed by atoms with Crippen LogP contribution in [0.3, 0.4) is 0 Å². The van der Waals surface area contributed by atoms with Crippen molar-refractivity contribution >= 4 is 17.7 Å². The van der Waals surface area contributed by atoms with Gasteiger partial charge in [0.1, 0.15) is 17.2 Å². The zero-order chi connectivity index (χ0) is 16.2. The molecule has 3 nitrogen and oxygen atoms in total. The molecule has 1 atom stereocenters. The smallest absolute Gasteiger partial charge is 0.234 e. The van der Waals surface area contributed by atoms with E-state index in [4.69, 9.17) is 0 Å². The highest BCUT2D eigenvalue weighted by molar-refractivity contribution is 8.00. The van der Waals surface area contributed by atoms with Gasteiger partial charge in [-0.1, -0.05) is 19.3 Å². The normalized spacial score (nSPS) is 18.3. The summed E-state index contributed by atoms with van der Waals surface area (Å²) in [6, 6.07) is 5.37. The van der Waals surface area contributed by atoms with Gasteiger partial charge in [0.25, 0.3) is 0 Å². The first-order chi connectivity index (χ1) is 10.5. The monoisotopic (exact) mass is 324 g/mol. The van der Waals surface area contributed by atoms with Crippen molar-refractivity contribution in [2.75, 3.05) is 0 Å². The molecule has 0 spiro atoms. The van der Waals surface area contributed by atoms with E-state index in [1.807, 2.05) is 0 Å². The summed E-state index contributed by atoms with van der Waals surface area (Å²) in [5.41, 5.74) is -0.815. The van der Waals surface area contributed by atoms with Crippen LogP contribution in [0.5, 0.6) is 0 Å². The summed E-state index contributed by atoms with van der Waals surface area (Å²) >= 11 is 0.954. The molecule has 6 heteroatoms. The molecule has 22 heavy (non-hydrogen) atoms. The third-order valence-corrected chi connectivity index (χ3v) is 4.98. The number of hydrogen-bond donors (Lipinski definition) is 1. The average Bonchev–Trinajstić information content (AvgIpc) is 2.51. The van der Waals surface area contributed by atoms with E-state index in [-0.39, 0.29) is 10.8 Å². The number of nitrogens with zero attached hydrogens (tertiary/aromatic N) is 1. The fraction of sp³-hybridized carbons (Fsp3) is 0.500. The summed E-state index contributed by atoms with van der Waals surface area (Å²) < 4.78 is 26.8. The van der Waals surface area contributed by atoms with Gasteiger partial charge in [0.2, 0.25) is 5.91 Å². The van der Waals surface area contributed by atoms with Crippen LogP contribution in [0, 0.1) is 23.0 Å². The first-order valence-corrected chi connectivity index (χ1v) is 8.19. The minimum Gasteiger partial charge on any atom is -0.337 e. The molecule has 2 rings (SSSR count). The van der Waals surface area contributed by atoms with E-state index in [0.717, 1.165) is 49.2 Å². The molecule has 0 aliphatic heterocycles. The molecule has 0 radical (unpaired) electrons. The molecule has 0 heterocycles. The van der Waals surface area contributed by atoms with E-state index in [0.29, 0.717) is 12.8 Å². The molecule has 0 aromatic heterocycles. The Morgan fingerprint density at radius 3 is 2.68 bits per heavy atom. The molecule has 118 valence electrons. The largest absolute Gasteiger partial charge is 0.337 e. The Morgan fingerprint density at radius 2 is 2.05 bits per heavy atom. The Bertz CT molecular complexity index is 594. The van der Waals surface area contributed by atoms with Crippen molar-refractivity contribution in [2.45, 2.75) is 54.7 Å². The molecule has 1 N–H and O–H groups in total. The van der Waals surface area contributed by atoms with Gasteiger partial charge >= 0.3 is 0 Å². The molecular formula is C16H18F2N2OS. The Morgan fingerprint density at radius 1 is 1.36 bits per heavy atom. The number of thioether (sulfide) groups is 1. The summed E-state index contributed by atoms with van der Waals surface area (Å²) in [6.07, 6.45) is 4.17. The van der Waals surface area contributed by atoms with Crippen LogP contribution in [-0.2, 0) is 4.79 Å². The predicted molar refractivity (Wildman–Crippen MR) is 81.2 cm³/mol. The molecular weight excluding hydrogens is 306 g/mol. The van der Waals surface area contributed by atoms with Crippen LogP contribution in [0.1, 0.15) is 39.0 Å². The standard InChI is InChI=1S/C16H18F2N2OS/c1-11(22-14-9-12(17)5-6-13(14)18)15(21)20-16(10-19)7-3-2-4-8-16/h5-6,9,11H,2-4,7-8H2,1H3,(H,20,21)/t11-/m1/s1. The lowest BCUT2D eigenvalue weighted by atomic mass is 9.83. The molecule has 0 unspecified atom stereocenters. The van der Waals surface area contributed by atoms with Gasteiger partial charge < -0.3 is 5.32 Å². The van der Waals surface area contributed by atoms with Crippen molar-refractivity contribution in [3.8, 4) is 6.07 Å². The van der Waals surface area contributed by atoms with Gasteiger partial charge in [0.15, 0.2) is 0 Å². The van der Waals surface area contributed by atoms with Crippen LogP contribution in [0.15, 0.2) is 23.1 Å². The topological polar surface area (TPSA) is 52.9 Å². The molecule has 1 aliphatic rings. The van der Waals surface area contributed by atoms with Crippen LogP contribution in [-0.4, -0.2) is 16.7 Å². The molecule has 1 aliphatic carbocycles. The van der Waals surface area contributed by atoms with Crippen LogP contribution in [0.25, 0.3) is 0 Å². The van der Waals surface area contributed by atoms with Crippen molar-refractivity contribution in [3.05, 3.63) is 29.8 Å². The number of nitrogens with one attached hydrogen (secondary N) is 1. The minimum atomic E-state index is -0.815. The number of rotatable bonds is 4. The SMILES string of the molecule is C[C@@H](Sc1cc(F)ccc1F)C(=O)NC1(C#N)CCCCC1. The Labute approximate surface area is 133 Å². The highest BCUT2D eigenvalue weighted by atomic mass is 32.2. The predicted octanol–water partition coefficient (Wildman–Crippen LogP) is 3.79. The lowest BCUT2D eigenvalue weighted by Gasteiger charge is -2.32. The zero-order valence-electron chi connectivity index (χ0n) is 12.4. The maximum absolute atomic E-state index is 13.6. The van der Waals surface area contributed by atoms with E-state index >= 15 is 0 Å². The summed E-state index contributed by atoms with van der Waals surface area (Å²) in [5.74, 6) is -1.42. The van der Waals surface area contributed by atoms with E-state index in [1.165, 1.54) is 0 Å². The average molecular weight is 324 g/mol. The van der Waals surface area contributed by atoms with Crippen LogP contribution in [0.4, 0.5) is 8.78 Å². The minimum absolute atomic E-state index is 0.0947. The van der Waals surface area contributed by atoms with Crippen LogP contribution < -0.4 is 5.32 Å². The van der Waals surface area contributed by atoms with Gasteiger partial charge in [0.05, 0.1) is 11.3 Å². The molecule has 1 aromatic rings. The molecule has 0 saturated heterocycles. The van der Waals surface area contributed by atoms with Gasteiger partial charge in [-0.25, -0.2) is 8.78 Å². The Balaban J connectivity index is 2.03. The van der Waals surface area contributed by atoms with Crippen LogP contribution in [0.2, 0.25) is 0 Å². The second-order valence-electron chi connectivity index (χ2n) is 5.58. The second kappa shape index (κ2) is 7.10. The first kappa shape index (κ1) is 16.8. The van der Waals surface area contributed by atoms with Crippen molar-refractivity contribution in [3.63, 3.8) is 0 Å². The maximum Gasteiger partial charge on any atom is 0.234 e. The molecule has 1 aromatic carbocycles. The number of carbonyl (C=O) groups is 1. The fourth-order valence-electron chi connectivity index (χ4n) is 2.57. The van der Waals surface area contributed by atoms with Crippen molar-refractivity contribution < 1.29 is 13.6 Å². The van der Waals surface area contributed by atoms with E-state index in [9.17, 15) is 18.8 Å². The first-order valence-electron chi connectivity index (χ1n) is 7.31. The quantitative estimate of drug-likeness (QED) is 0.857. The van der Waals surface area contributed by atoms with Crippen LogP contribution >= 0.6 is 11.8 Å². The number of benzene rings is 1. The van der Waals surface area contributed by atoms with E-state index in [2.05, 4.69) is 11.4 Å². The Kier molecular flexibility index (Phi) is 5.41. The van der Waals surface area contributed by atoms with E-state index < -0.39 is 22.4 Å². The molecule has 1 saturated carbocycles. The summed E-state index contributed by atoms with van der Waals surface area (Å²) in [5, 5.41) is 11.6. The zero-order valence-corrected chi connectivity index (χ0v) is 13.2. The number of nitriles is 1. The molecule has 0 bridgehead atoms. The van der Waals surface area contributed by atoms with Gasteiger partial charge in [-0.2, -0.15) is 5.26 Å². The second-order valence-corrected chi connectivity index (χ2v) is 6.96. The number of carbonyl (C=O) groups excluding carboxylic acids is 1. The highest BCUT2D eigenvalue weighted by Gasteiger charge is 2.34. The van der Waals surface area contributed by atoms with Crippen molar-refractivity contribution in [1.82, 2.24) is 5.32 Å². The number of hydrogen-bond acceptors (Lipinski definition) is 3. The lowest BCUT2D eigenvalue weighted by molar-refractivity contribution is -0.121. The Hall–Kier alpha value is -1.61. The maximum atomic E-state index is 13.6. The third-order valence-electron chi connectivity index (χ3n) is 3.85. The number of halogens is 2. The highest BCUT2D eigenvalue weighted by Crippen LogP contribution is 2.30. The lowest BCUT2D eigenvalue weighted by Crippen LogP contribution is -2.50. The van der Waals surface area contributed by atoms with Gasteiger partial charge in [0, 0.05) is 4.90 Å². The van der Waals surface area contributed by atoms with Gasteiger partial charge in [-0.15, -0.1) is 11.8 Å². The summed E-state index contributed by atoms with van der Waals surface area (Å²) in [4.78, 5) is 12.4. The van der Waals surface area contributed by atoms with Crippen molar-refractivity contribution in [1.29, 1.82) is 5.26 Å². The van der Waals surface area contributed by atoms with Gasteiger partial charge in [-0.05, 0) is 38.0 Å².